The van der Waals surface area contributed by atoms with Gasteiger partial charge in [-0.3, -0.25) is 10.1 Å². The van der Waals surface area contributed by atoms with Crippen molar-refractivity contribution in [3.05, 3.63) is 76.5 Å². The van der Waals surface area contributed by atoms with Crippen LogP contribution >= 0.6 is 0 Å². The van der Waals surface area contributed by atoms with E-state index >= 15 is 0 Å². The largest absolute Gasteiger partial charge is 0.360 e. The highest BCUT2D eigenvalue weighted by atomic mass is 16.6. The maximum Gasteiger partial charge on any atom is 0.311 e. The Kier molecular flexibility index (Phi) is 4.01. The molecule has 0 spiro atoms. The first-order chi connectivity index (χ1) is 11.2. The van der Waals surface area contributed by atoms with E-state index in [0.29, 0.717) is 6.54 Å². The molecule has 23 heavy (non-hydrogen) atoms. The smallest absolute Gasteiger partial charge is 0.311 e. The van der Waals surface area contributed by atoms with E-state index in [1.54, 1.807) is 12.3 Å². The number of aryl methyl sites for hydroxylation is 1. The topological polar surface area (TPSA) is 85.9 Å². The number of rotatable bonds is 5. The van der Waals surface area contributed by atoms with Gasteiger partial charge < -0.3 is 9.88 Å². The van der Waals surface area contributed by atoms with Crippen molar-refractivity contribution in [1.29, 1.82) is 0 Å². The second-order valence-corrected chi connectivity index (χ2v) is 4.95. The zero-order chi connectivity index (χ0) is 16.2. The molecule has 7 heteroatoms. The predicted octanol–water partition coefficient (Wildman–Crippen LogP) is 3.10. The lowest BCUT2D eigenvalue weighted by Crippen LogP contribution is -2.08. The van der Waals surface area contributed by atoms with Gasteiger partial charge in [0.15, 0.2) is 0 Å². The van der Waals surface area contributed by atoms with Crippen LogP contribution in [0.2, 0.25) is 0 Å². The highest BCUT2D eigenvalue weighted by molar-refractivity contribution is 5.56. The fourth-order valence-corrected chi connectivity index (χ4v) is 2.39. The summed E-state index contributed by atoms with van der Waals surface area (Å²) in [7, 11) is 0. The summed E-state index contributed by atoms with van der Waals surface area (Å²) in [4.78, 5) is 18.9. The molecule has 0 fully saturated rings. The van der Waals surface area contributed by atoms with Crippen LogP contribution < -0.4 is 5.32 Å². The molecular weight excluding hydrogens is 294 g/mol. The molecule has 3 rings (SSSR count). The Morgan fingerprint density at radius 1 is 1.17 bits per heavy atom. The summed E-state index contributed by atoms with van der Waals surface area (Å²) in [6.07, 6.45) is 5.15. The van der Waals surface area contributed by atoms with Crippen molar-refractivity contribution in [2.75, 3.05) is 5.32 Å². The van der Waals surface area contributed by atoms with Gasteiger partial charge in [-0.15, -0.1) is 0 Å². The molecule has 0 radical (unpaired) electrons. The summed E-state index contributed by atoms with van der Waals surface area (Å²) in [5.74, 6) is 1.14. The first-order valence-electron chi connectivity index (χ1n) is 7.08. The Morgan fingerprint density at radius 2 is 2.00 bits per heavy atom. The van der Waals surface area contributed by atoms with Gasteiger partial charge in [0.2, 0.25) is 5.82 Å². The Bertz CT molecular complexity index is 844. The molecule has 3 aromatic rings. The third kappa shape index (κ3) is 3.03. The Balaban J connectivity index is 1.88. The lowest BCUT2D eigenvalue weighted by Gasteiger charge is -2.13. The zero-order valence-corrected chi connectivity index (χ0v) is 12.5. The van der Waals surface area contributed by atoms with Crippen LogP contribution in [-0.4, -0.2) is 19.5 Å². The van der Waals surface area contributed by atoms with Crippen molar-refractivity contribution in [2.24, 2.45) is 0 Å². The number of benzene rings is 1. The molecule has 0 aliphatic carbocycles. The van der Waals surface area contributed by atoms with Crippen LogP contribution in [-0.2, 0) is 6.54 Å². The van der Waals surface area contributed by atoms with Crippen LogP contribution in [0.3, 0.4) is 0 Å². The maximum absolute atomic E-state index is 11.0. The number of nitrogens with zero attached hydrogens (tertiary/aromatic N) is 4. The molecule has 2 aromatic heterocycles. The number of nitro groups is 1. The van der Waals surface area contributed by atoms with Crippen molar-refractivity contribution in [2.45, 2.75) is 13.5 Å². The number of aromatic nitrogens is 3. The number of nitrogens with one attached hydrogen (secondary N) is 1. The van der Waals surface area contributed by atoms with Crippen LogP contribution in [0.4, 0.5) is 11.5 Å². The summed E-state index contributed by atoms with van der Waals surface area (Å²) < 4.78 is 1.98. The highest BCUT2D eigenvalue weighted by Gasteiger charge is 2.14. The third-order valence-electron chi connectivity index (χ3n) is 3.51. The van der Waals surface area contributed by atoms with E-state index in [2.05, 4.69) is 15.3 Å². The van der Waals surface area contributed by atoms with Crippen LogP contribution in [0.15, 0.2) is 55.0 Å². The number of anilines is 1. The Labute approximate surface area is 132 Å². The monoisotopic (exact) mass is 309 g/mol. The predicted molar refractivity (Wildman–Crippen MR) is 86.5 cm³/mol. The van der Waals surface area contributed by atoms with Crippen molar-refractivity contribution in [1.82, 2.24) is 14.5 Å². The minimum atomic E-state index is -0.443. The normalized spacial score (nSPS) is 10.5. The molecule has 0 saturated heterocycles. The van der Waals surface area contributed by atoms with Crippen LogP contribution in [0, 0.1) is 17.0 Å². The van der Waals surface area contributed by atoms with Gasteiger partial charge in [-0.05, 0) is 24.6 Å². The van der Waals surface area contributed by atoms with Crippen molar-refractivity contribution in [3.8, 4) is 5.69 Å². The molecule has 0 amide bonds. The van der Waals surface area contributed by atoms with E-state index in [1.807, 2.05) is 42.0 Å². The number of pyridine rings is 1. The summed E-state index contributed by atoms with van der Waals surface area (Å²) in [6.45, 7) is 2.35. The van der Waals surface area contributed by atoms with Crippen LogP contribution in [0.25, 0.3) is 5.69 Å². The number of hydrogen-bond donors (Lipinski definition) is 1. The maximum atomic E-state index is 11.0. The second-order valence-electron chi connectivity index (χ2n) is 4.95. The highest BCUT2D eigenvalue weighted by Crippen LogP contribution is 2.22. The molecule has 0 aliphatic heterocycles. The number of imidazole rings is 1. The van der Waals surface area contributed by atoms with Crippen molar-refractivity contribution >= 4 is 11.5 Å². The lowest BCUT2D eigenvalue weighted by atomic mass is 10.1. The molecule has 2 heterocycles. The van der Waals surface area contributed by atoms with Gasteiger partial charge in [0.05, 0.1) is 10.6 Å². The molecular formula is C16H15N5O2. The van der Waals surface area contributed by atoms with Gasteiger partial charge in [0, 0.05) is 31.2 Å². The molecule has 7 nitrogen and oxygen atoms in total. The van der Waals surface area contributed by atoms with Crippen molar-refractivity contribution < 1.29 is 4.92 Å². The average Bonchev–Trinajstić information content (AvgIpc) is 2.99. The van der Waals surface area contributed by atoms with E-state index in [4.69, 9.17) is 0 Å². The van der Waals surface area contributed by atoms with Crippen LogP contribution in [0.1, 0.15) is 11.4 Å². The SMILES string of the molecule is Cc1nccn1-c1ccccc1CNc1ncccc1[N+](=O)[O-]. The Hall–Kier alpha value is -3.22. The van der Waals surface area contributed by atoms with E-state index < -0.39 is 4.92 Å². The van der Waals surface area contributed by atoms with Gasteiger partial charge in [0.1, 0.15) is 5.82 Å². The quantitative estimate of drug-likeness (QED) is 0.578. The van der Waals surface area contributed by atoms with Gasteiger partial charge in [-0.25, -0.2) is 9.97 Å². The molecule has 0 aliphatic rings. The summed E-state index contributed by atoms with van der Waals surface area (Å²) >= 11 is 0. The minimum Gasteiger partial charge on any atom is -0.360 e. The fourth-order valence-electron chi connectivity index (χ4n) is 2.39. The molecule has 0 atom stereocenters. The average molecular weight is 309 g/mol. The van der Waals surface area contributed by atoms with E-state index in [1.165, 1.54) is 12.3 Å². The molecule has 1 N–H and O–H groups in total. The van der Waals surface area contributed by atoms with Gasteiger partial charge >= 0.3 is 5.69 Å². The number of hydrogen-bond acceptors (Lipinski definition) is 5. The fraction of sp³-hybridized carbons (Fsp3) is 0.125. The van der Waals surface area contributed by atoms with E-state index in [-0.39, 0.29) is 11.5 Å². The second kappa shape index (κ2) is 6.27. The standard InChI is InChI=1S/C16H15N5O2/c1-12-17-9-10-20(12)14-6-3-2-5-13(14)11-19-16-15(21(22)23)7-4-8-18-16/h2-10H,11H2,1H3,(H,18,19). The van der Waals surface area contributed by atoms with Crippen LogP contribution in [0.5, 0.6) is 0 Å². The van der Waals surface area contributed by atoms with E-state index in [0.717, 1.165) is 17.1 Å². The zero-order valence-electron chi connectivity index (χ0n) is 12.5. The van der Waals surface area contributed by atoms with Gasteiger partial charge in [-0.1, -0.05) is 18.2 Å². The van der Waals surface area contributed by atoms with Gasteiger partial charge in [0.25, 0.3) is 0 Å². The number of para-hydroxylation sites is 1. The summed E-state index contributed by atoms with van der Waals surface area (Å²) in [6, 6.07) is 10.8. The first kappa shape index (κ1) is 14.7. The van der Waals surface area contributed by atoms with Gasteiger partial charge in [-0.2, -0.15) is 0 Å². The third-order valence-corrected chi connectivity index (χ3v) is 3.51. The summed E-state index contributed by atoms with van der Waals surface area (Å²) in [5.41, 5.74) is 1.94. The van der Waals surface area contributed by atoms with Crippen molar-refractivity contribution in [3.63, 3.8) is 0 Å². The molecule has 0 unspecified atom stereocenters. The molecule has 1 aromatic carbocycles. The molecule has 116 valence electrons. The summed E-state index contributed by atoms with van der Waals surface area (Å²) in [5, 5.41) is 14.1. The molecule has 0 saturated carbocycles. The van der Waals surface area contributed by atoms with E-state index in [9.17, 15) is 10.1 Å². The Morgan fingerprint density at radius 3 is 2.74 bits per heavy atom. The first-order valence-corrected chi connectivity index (χ1v) is 7.08. The lowest BCUT2D eigenvalue weighted by molar-refractivity contribution is -0.384. The minimum absolute atomic E-state index is 0.0382. The molecule has 0 bridgehead atoms.